The minimum absolute atomic E-state index is 0.0349. The zero-order valence-electron chi connectivity index (χ0n) is 16.7. The number of amides is 1. The van der Waals surface area contributed by atoms with E-state index in [9.17, 15) is 13.2 Å². The van der Waals surface area contributed by atoms with Crippen LogP contribution in [0.5, 0.6) is 5.75 Å². The van der Waals surface area contributed by atoms with Crippen molar-refractivity contribution in [2.24, 2.45) is 5.10 Å². The molecule has 29 heavy (non-hydrogen) atoms. The van der Waals surface area contributed by atoms with Gasteiger partial charge in [-0.15, -0.1) is 0 Å². The highest BCUT2D eigenvalue weighted by Crippen LogP contribution is 2.28. The van der Waals surface area contributed by atoms with Gasteiger partial charge in [-0.2, -0.15) is 9.41 Å². The van der Waals surface area contributed by atoms with E-state index in [-0.39, 0.29) is 9.92 Å². The highest BCUT2D eigenvalue weighted by atomic mass is 35.5. The van der Waals surface area contributed by atoms with E-state index >= 15 is 0 Å². The van der Waals surface area contributed by atoms with Crippen LogP contribution in [0, 0.1) is 0 Å². The molecule has 0 bridgehead atoms. The Kier molecular flexibility index (Phi) is 7.78. The van der Waals surface area contributed by atoms with Crippen LogP contribution in [-0.2, 0) is 14.8 Å². The number of sulfonamides is 1. The molecule has 0 aliphatic carbocycles. The van der Waals surface area contributed by atoms with Crippen LogP contribution >= 0.6 is 11.6 Å². The Morgan fingerprint density at radius 1 is 1.24 bits per heavy atom. The maximum Gasteiger partial charge on any atom is 0.255 e. The molecule has 156 valence electrons. The van der Waals surface area contributed by atoms with Crippen molar-refractivity contribution in [3.63, 3.8) is 0 Å². The monoisotopic (exact) mass is 437 g/mol. The van der Waals surface area contributed by atoms with E-state index in [1.54, 1.807) is 0 Å². The summed E-state index contributed by atoms with van der Waals surface area (Å²) >= 11 is 5.99. The van der Waals surface area contributed by atoms with Crippen molar-refractivity contribution < 1.29 is 17.9 Å². The van der Waals surface area contributed by atoms with Crippen LogP contribution in [0.4, 0.5) is 0 Å². The summed E-state index contributed by atoms with van der Waals surface area (Å²) in [4.78, 5) is 12.0. The van der Waals surface area contributed by atoms with Crippen molar-refractivity contribution in [3.05, 3.63) is 58.6 Å². The first-order valence-electron chi connectivity index (χ1n) is 8.87. The predicted molar refractivity (Wildman–Crippen MR) is 114 cm³/mol. The molecule has 0 spiro atoms. The van der Waals surface area contributed by atoms with Gasteiger partial charge in [0.2, 0.25) is 10.0 Å². The van der Waals surface area contributed by atoms with Gasteiger partial charge in [-0.3, -0.25) is 4.79 Å². The molecule has 7 nitrogen and oxygen atoms in total. The normalized spacial score (nSPS) is 12.0. The summed E-state index contributed by atoms with van der Waals surface area (Å²) in [6.45, 7) is 3.82. The van der Waals surface area contributed by atoms with Gasteiger partial charge < -0.3 is 4.74 Å². The summed E-state index contributed by atoms with van der Waals surface area (Å²) in [7, 11) is -1.15. The minimum Gasteiger partial charge on any atom is -0.495 e. The van der Waals surface area contributed by atoms with Crippen LogP contribution in [0.1, 0.15) is 30.9 Å². The molecule has 0 unspecified atom stereocenters. The minimum atomic E-state index is -3.89. The topological polar surface area (TPSA) is 88.1 Å². The van der Waals surface area contributed by atoms with Crippen molar-refractivity contribution in [3.8, 4) is 5.75 Å². The molecule has 0 saturated carbocycles. The van der Waals surface area contributed by atoms with Crippen LogP contribution in [0.25, 0.3) is 0 Å². The molecule has 0 saturated heterocycles. The van der Waals surface area contributed by atoms with Crippen LogP contribution < -0.4 is 10.2 Å². The second-order valence-corrected chi connectivity index (χ2v) is 9.12. The van der Waals surface area contributed by atoms with Gasteiger partial charge >= 0.3 is 0 Å². The van der Waals surface area contributed by atoms with Gasteiger partial charge in [-0.1, -0.05) is 49.7 Å². The fourth-order valence-electron chi connectivity index (χ4n) is 2.46. The molecule has 1 amide bonds. The Labute approximate surface area is 176 Å². The molecule has 9 heteroatoms. The molecule has 0 atom stereocenters. The summed E-state index contributed by atoms with van der Waals surface area (Å²) in [6, 6.07) is 11.9. The molecular weight excluding hydrogens is 414 g/mol. The van der Waals surface area contributed by atoms with Crippen LogP contribution in [0.2, 0.25) is 5.02 Å². The van der Waals surface area contributed by atoms with E-state index < -0.39 is 22.5 Å². The number of hydrogen-bond donors (Lipinski definition) is 1. The molecule has 0 radical (unpaired) electrons. The fourth-order valence-corrected chi connectivity index (χ4v) is 3.93. The Hall–Kier alpha value is -2.42. The molecule has 0 aliphatic rings. The molecule has 0 aromatic heterocycles. The lowest BCUT2D eigenvalue weighted by Crippen LogP contribution is -2.36. The number of nitrogens with one attached hydrogen (secondary N) is 1. The maximum absolute atomic E-state index is 12.6. The van der Waals surface area contributed by atoms with E-state index in [1.807, 2.05) is 24.3 Å². The van der Waals surface area contributed by atoms with E-state index in [1.165, 1.54) is 44.1 Å². The zero-order valence-corrected chi connectivity index (χ0v) is 18.3. The average Bonchev–Trinajstić information content (AvgIpc) is 2.68. The van der Waals surface area contributed by atoms with Gasteiger partial charge in [0.25, 0.3) is 5.91 Å². The number of carbonyl (C=O) groups excluding carboxylic acids is 1. The SMILES string of the molecule is COc1ccc(S(=O)(=O)N(C)CC(=O)N/N=C\c2ccc(C(C)C)cc2)cc1Cl. The smallest absolute Gasteiger partial charge is 0.255 e. The number of halogens is 1. The number of ether oxygens (including phenoxy) is 1. The van der Waals surface area contributed by atoms with E-state index in [2.05, 4.69) is 24.4 Å². The Morgan fingerprint density at radius 2 is 1.90 bits per heavy atom. The van der Waals surface area contributed by atoms with Crippen LogP contribution in [0.3, 0.4) is 0 Å². The van der Waals surface area contributed by atoms with Gasteiger partial charge in [-0.25, -0.2) is 13.8 Å². The third kappa shape index (κ3) is 6.03. The molecule has 2 rings (SSSR count). The third-order valence-electron chi connectivity index (χ3n) is 4.20. The Balaban J connectivity index is 1.97. The lowest BCUT2D eigenvalue weighted by molar-refractivity contribution is -0.121. The van der Waals surface area contributed by atoms with Gasteiger partial charge in [0.15, 0.2) is 0 Å². The second kappa shape index (κ2) is 9.87. The van der Waals surface area contributed by atoms with Crippen molar-refractivity contribution in [2.75, 3.05) is 20.7 Å². The predicted octanol–water partition coefficient (Wildman–Crippen LogP) is 3.24. The Morgan fingerprint density at radius 3 is 2.45 bits per heavy atom. The molecule has 2 aromatic carbocycles. The molecular formula is C20H24ClN3O4S. The first-order valence-corrected chi connectivity index (χ1v) is 10.7. The van der Waals surface area contributed by atoms with Crippen LogP contribution in [0.15, 0.2) is 52.5 Å². The average molecular weight is 438 g/mol. The van der Waals surface area contributed by atoms with Crippen LogP contribution in [-0.4, -0.2) is 45.5 Å². The standard InChI is InChI=1S/C20H24ClN3O4S/c1-14(2)16-7-5-15(6-8-16)12-22-23-20(25)13-24(3)29(26,27)17-9-10-19(28-4)18(21)11-17/h5-12,14H,13H2,1-4H3,(H,23,25)/b22-12-. The van der Waals surface area contributed by atoms with Crippen molar-refractivity contribution in [2.45, 2.75) is 24.7 Å². The summed E-state index contributed by atoms with van der Waals surface area (Å²) in [5, 5.41) is 4.04. The highest BCUT2D eigenvalue weighted by molar-refractivity contribution is 7.89. The third-order valence-corrected chi connectivity index (χ3v) is 6.30. The van der Waals surface area contributed by atoms with Gasteiger partial charge in [0.05, 0.1) is 29.8 Å². The van der Waals surface area contributed by atoms with E-state index in [0.29, 0.717) is 11.7 Å². The molecule has 0 fully saturated rings. The largest absolute Gasteiger partial charge is 0.495 e. The van der Waals surface area contributed by atoms with Crippen molar-refractivity contribution in [1.29, 1.82) is 0 Å². The van der Waals surface area contributed by atoms with Gasteiger partial charge in [-0.05, 0) is 35.2 Å². The van der Waals surface area contributed by atoms with Crippen molar-refractivity contribution >= 4 is 33.7 Å². The summed E-state index contributed by atoms with van der Waals surface area (Å²) in [6.07, 6.45) is 1.50. The Bertz CT molecular complexity index is 989. The maximum atomic E-state index is 12.6. The molecule has 0 heterocycles. The summed E-state index contributed by atoms with van der Waals surface area (Å²) < 4.78 is 31.2. The number of hydrazone groups is 1. The number of benzene rings is 2. The number of hydrogen-bond acceptors (Lipinski definition) is 5. The zero-order chi connectivity index (χ0) is 21.6. The second-order valence-electron chi connectivity index (χ2n) is 6.67. The number of methoxy groups -OCH3 is 1. The van der Waals surface area contributed by atoms with Crippen molar-refractivity contribution in [1.82, 2.24) is 9.73 Å². The lowest BCUT2D eigenvalue weighted by Gasteiger charge is -2.16. The van der Waals surface area contributed by atoms with Gasteiger partial charge in [0, 0.05) is 7.05 Å². The molecule has 0 aliphatic heterocycles. The number of carbonyl (C=O) groups is 1. The fraction of sp³-hybridized carbons (Fsp3) is 0.300. The first-order chi connectivity index (χ1) is 13.6. The summed E-state index contributed by atoms with van der Waals surface area (Å²) in [5.41, 5.74) is 4.36. The highest BCUT2D eigenvalue weighted by Gasteiger charge is 2.23. The lowest BCUT2D eigenvalue weighted by atomic mass is 10.0. The molecule has 2 aromatic rings. The summed E-state index contributed by atoms with van der Waals surface area (Å²) in [5.74, 6) is 0.228. The van der Waals surface area contributed by atoms with E-state index in [4.69, 9.17) is 16.3 Å². The van der Waals surface area contributed by atoms with Gasteiger partial charge in [0.1, 0.15) is 5.75 Å². The number of nitrogens with zero attached hydrogens (tertiary/aromatic N) is 2. The van der Waals surface area contributed by atoms with E-state index in [0.717, 1.165) is 9.87 Å². The number of likely N-dealkylation sites (N-methyl/N-ethyl adjacent to an activating group) is 1. The quantitative estimate of drug-likeness (QED) is 0.507. The first kappa shape index (κ1) is 22.9. The number of rotatable bonds is 8. The molecule has 1 N–H and O–H groups in total.